The predicted molar refractivity (Wildman–Crippen MR) is 80.7 cm³/mol. The average Bonchev–Trinajstić information content (AvgIpc) is 2.30. The van der Waals surface area contributed by atoms with Crippen molar-refractivity contribution in [3.8, 4) is 11.1 Å². The van der Waals surface area contributed by atoms with Gasteiger partial charge in [-0.2, -0.15) is 0 Å². The zero-order valence-electron chi connectivity index (χ0n) is 10.8. The first-order valence-corrected chi connectivity index (χ1v) is 5.96. The fourth-order valence-corrected chi connectivity index (χ4v) is 1.91. The molecule has 2 aromatic rings. The Morgan fingerprint density at radius 1 is 0.778 bits per heavy atom. The van der Waals surface area contributed by atoms with Gasteiger partial charge in [0, 0.05) is 6.54 Å². The lowest BCUT2D eigenvalue weighted by Crippen LogP contribution is -2.10. The molecule has 0 bridgehead atoms. The Hall–Kier alpha value is -1.60. The molecule has 0 aromatic heterocycles. The van der Waals surface area contributed by atoms with Crippen LogP contribution in [0.3, 0.4) is 0 Å². The van der Waals surface area contributed by atoms with Crippen molar-refractivity contribution in [1.29, 1.82) is 0 Å². The molecule has 0 aliphatic carbocycles. The first kappa shape index (κ1) is 14.5. The molecule has 0 radical (unpaired) electrons. The summed E-state index contributed by atoms with van der Waals surface area (Å²) in [4.78, 5) is 2.18. The summed E-state index contributed by atoms with van der Waals surface area (Å²) in [5.41, 5.74) is 5.23. The molecule has 0 spiro atoms. The topological polar surface area (TPSA) is 3.24 Å². The predicted octanol–water partition coefficient (Wildman–Crippen LogP) is 4.36. The van der Waals surface area contributed by atoms with Crippen LogP contribution in [0.15, 0.2) is 48.5 Å². The molecule has 0 amide bonds. The number of benzene rings is 2. The summed E-state index contributed by atoms with van der Waals surface area (Å²) in [5, 5.41) is 0. The second kappa shape index (κ2) is 6.36. The van der Waals surface area contributed by atoms with Gasteiger partial charge in [0.2, 0.25) is 0 Å². The van der Waals surface area contributed by atoms with Crippen molar-refractivity contribution in [1.82, 2.24) is 4.90 Å². The van der Waals surface area contributed by atoms with Crippen molar-refractivity contribution in [2.45, 2.75) is 20.9 Å². The Labute approximate surface area is 111 Å². The van der Waals surface area contributed by atoms with E-state index < -0.39 is 0 Å². The molecule has 1 heteroatoms. The number of rotatable bonds is 3. The molecule has 0 aliphatic rings. The highest BCUT2D eigenvalue weighted by molar-refractivity contribution is 5.63. The number of hydrogen-bond acceptors (Lipinski definition) is 1. The van der Waals surface area contributed by atoms with Crippen LogP contribution in [0.4, 0.5) is 0 Å². The maximum absolute atomic E-state index is 2.20. The molecule has 0 N–H and O–H groups in total. The van der Waals surface area contributed by atoms with Crippen molar-refractivity contribution < 1.29 is 0 Å². The van der Waals surface area contributed by atoms with Gasteiger partial charge in [-0.3, -0.25) is 0 Å². The molecule has 2 rings (SSSR count). The smallest absolute Gasteiger partial charge is 0.0227 e. The highest BCUT2D eigenvalue weighted by atomic mass is 15.0. The molecule has 0 saturated carbocycles. The molecular weight excluding hydrogens is 218 g/mol. The summed E-state index contributed by atoms with van der Waals surface area (Å²) < 4.78 is 0. The van der Waals surface area contributed by atoms with Crippen LogP contribution in [0.25, 0.3) is 11.1 Å². The van der Waals surface area contributed by atoms with E-state index in [0.717, 1.165) is 6.54 Å². The molecular formula is C17H23N. The molecule has 96 valence electrons. The summed E-state index contributed by atoms with van der Waals surface area (Å²) in [5.74, 6) is 0. The third-order valence-electron chi connectivity index (χ3n) is 2.84. The Balaban J connectivity index is 0.00000162. The third-order valence-corrected chi connectivity index (χ3v) is 2.84. The Bertz CT molecular complexity index is 466. The largest absolute Gasteiger partial charge is 0.305 e. The highest BCUT2D eigenvalue weighted by Gasteiger charge is 1.98. The fourth-order valence-electron chi connectivity index (χ4n) is 1.91. The minimum absolute atomic E-state index is 0. The summed E-state index contributed by atoms with van der Waals surface area (Å²) in [7, 11) is 4.18. The van der Waals surface area contributed by atoms with Gasteiger partial charge in [-0.05, 0) is 37.7 Å². The SMILES string of the molecule is C.Cc1ccc(-c2ccc(CN(C)C)cc2)cc1. The number of nitrogens with zero attached hydrogens (tertiary/aromatic N) is 1. The first-order chi connectivity index (χ1) is 8.15. The van der Waals surface area contributed by atoms with E-state index in [2.05, 4.69) is 74.4 Å². The standard InChI is InChI=1S/C16H19N.CH4/c1-13-4-8-15(9-5-13)16-10-6-14(7-11-16)12-17(2)3;/h4-11H,12H2,1-3H3;1H4. The lowest BCUT2D eigenvalue weighted by molar-refractivity contribution is 0.402. The second-order valence-corrected chi connectivity index (χ2v) is 4.80. The van der Waals surface area contributed by atoms with Gasteiger partial charge in [-0.1, -0.05) is 61.5 Å². The number of hydrogen-bond donors (Lipinski definition) is 0. The monoisotopic (exact) mass is 241 g/mol. The lowest BCUT2D eigenvalue weighted by Gasteiger charge is -2.10. The quantitative estimate of drug-likeness (QED) is 0.771. The van der Waals surface area contributed by atoms with Gasteiger partial charge < -0.3 is 4.90 Å². The third kappa shape index (κ3) is 3.71. The van der Waals surface area contributed by atoms with E-state index in [1.54, 1.807) is 0 Å². The molecule has 0 unspecified atom stereocenters. The molecule has 1 nitrogen and oxygen atoms in total. The normalized spacial score (nSPS) is 10.2. The zero-order chi connectivity index (χ0) is 12.3. The Morgan fingerprint density at radius 3 is 1.67 bits per heavy atom. The average molecular weight is 241 g/mol. The van der Waals surface area contributed by atoms with Crippen molar-refractivity contribution in [2.24, 2.45) is 0 Å². The Morgan fingerprint density at radius 2 is 1.22 bits per heavy atom. The highest BCUT2D eigenvalue weighted by Crippen LogP contribution is 2.20. The van der Waals surface area contributed by atoms with Gasteiger partial charge in [-0.15, -0.1) is 0 Å². The van der Waals surface area contributed by atoms with Crippen molar-refractivity contribution >= 4 is 0 Å². The maximum Gasteiger partial charge on any atom is 0.0227 e. The number of aryl methyl sites for hydroxylation is 1. The van der Waals surface area contributed by atoms with Gasteiger partial charge in [-0.25, -0.2) is 0 Å². The first-order valence-electron chi connectivity index (χ1n) is 5.96. The zero-order valence-corrected chi connectivity index (χ0v) is 10.8. The van der Waals surface area contributed by atoms with E-state index in [9.17, 15) is 0 Å². The molecule has 0 heterocycles. The Kier molecular flexibility index (Phi) is 5.11. The van der Waals surface area contributed by atoms with Crippen LogP contribution in [0, 0.1) is 6.92 Å². The van der Waals surface area contributed by atoms with Crippen LogP contribution in [0.2, 0.25) is 0 Å². The molecule has 0 atom stereocenters. The van der Waals surface area contributed by atoms with E-state index in [1.807, 2.05) is 0 Å². The minimum Gasteiger partial charge on any atom is -0.305 e. The van der Waals surface area contributed by atoms with Gasteiger partial charge in [0.25, 0.3) is 0 Å². The minimum atomic E-state index is 0. The second-order valence-electron chi connectivity index (χ2n) is 4.80. The molecule has 0 saturated heterocycles. The molecule has 2 aromatic carbocycles. The van der Waals surface area contributed by atoms with Gasteiger partial charge in [0.05, 0.1) is 0 Å². The fraction of sp³-hybridized carbons (Fsp3) is 0.294. The van der Waals surface area contributed by atoms with Gasteiger partial charge >= 0.3 is 0 Å². The van der Waals surface area contributed by atoms with E-state index in [4.69, 9.17) is 0 Å². The molecule has 0 fully saturated rings. The molecule has 0 aliphatic heterocycles. The summed E-state index contributed by atoms with van der Waals surface area (Å²) in [6, 6.07) is 17.5. The summed E-state index contributed by atoms with van der Waals surface area (Å²) >= 11 is 0. The van der Waals surface area contributed by atoms with Crippen LogP contribution in [0.5, 0.6) is 0 Å². The lowest BCUT2D eigenvalue weighted by atomic mass is 10.0. The van der Waals surface area contributed by atoms with Gasteiger partial charge in [0.15, 0.2) is 0 Å². The van der Waals surface area contributed by atoms with E-state index >= 15 is 0 Å². The van der Waals surface area contributed by atoms with Crippen molar-refractivity contribution in [2.75, 3.05) is 14.1 Å². The van der Waals surface area contributed by atoms with Crippen molar-refractivity contribution in [3.63, 3.8) is 0 Å². The van der Waals surface area contributed by atoms with Crippen LogP contribution in [0.1, 0.15) is 18.6 Å². The maximum atomic E-state index is 2.20. The van der Waals surface area contributed by atoms with Crippen LogP contribution in [-0.4, -0.2) is 19.0 Å². The van der Waals surface area contributed by atoms with Gasteiger partial charge in [0.1, 0.15) is 0 Å². The summed E-state index contributed by atoms with van der Waals surface area (Å²) in [6.07, 6.45) is 0. The van der Waals surface area contributed by atoms with Crippen LogP contribution >= 0.6 is 0 Å². The molecule has 18 heavy (non-hydrogen) atoms. The van der Waals surface area contributed by atoms with E-state index in [-0.39, 0.29) is 7.43 Å². The van der Waals surface area contributed by atoms with E-state index in [1.165, 1.54) is 22.3 Å². The van der Waals surface area contributed by atoms with Crippen molar-refractivity contribution in [3.05, 3.63) is 59.7 Å². The van der Waals surface area contributed by atoms with Crippen LogP contribution < -0.4 is 0 Å². The van der Waals surface area contributed by atoms with Crippen LogP contribution in [-0.2, 0) is 6.54 Å². The summed E-state index contributed by atoms with van der Waals surface area (Å²) in [6.45, 7) is 3.11. The van der Waals surface area contributed by atoms with E-state index in [0.29, 0.717) is 0 Å².